The van der Waals surface area contributed by atoms with Gasteiger partial charge < -0.3 is 14.8 Å². The number of fused-ring (bicyclic) bond motifs is 1. The predicted molar refractivity (Wildman–Crippen MR) is 95.0 cm³/mol. The van der Waals surface area contributed by atoms with Gasteiger partial charge in [0.05, 0.1) is 12.1 Å². The average molecular weight is 345 g/mol. The van der Waals surface area contributed by atoms with E-state index in [0.29, 0.717) is 12.2 Å². The Balaban J connectivity index is 1.66. The summed E-state index contributed by atoms with van der Waals surface area (Å²) in [6.07, 6.45) is 4.45. The van der Waals surface area contributed by atoms with Crippen molar-refractivity contribution in [2.45, 2.75) is 70.6 Å². The Hall–Kier alpha value is -1.88. The zero-order valence-electron chi connectivity index (χ0n) is 15.3. The fourth-order valence-corrected chi connectivity index (χ4v) is 3.50. The predicted octanol–water partition coefficient (Wildman–Crippen LogP) is 3.05. The summed E-state index contributed by atoms with van der Waals surface area (Å²) in [5.41, 5.74) is 0.797. The van der Waals surface area contributed by atoms with Crippen LogP contribution in [-0.4, -0.2) is 36.0 Å². The lowest BCUT2D eigenvalue weighted by molar-refractivity contribution is -0.135. The van der Waals surface area contributed by atoms with Gasteiger partial charge in [0.1, 0.15) is 5.75 Å². The molecular formula is C20H27NO4. The van der Waals surface area contributed by atoms with Gasteiger partial charge in [-0.15, -0.1) is 0 Å². The molecule has 0 radical (unpaired) electrons. The van der Waals surface area contributed by atoms with E-state index in [2.05, 4.69) is 5.32 Å². The fraction of sp³-hybridized carbons (Fsp3) is 0.600. The lowest BCUT2D eigenvalue weighted by Gasteiger charge is -2.29. The molecule has 1 N–H and O–H groups in total. The van der Waals surface area contributed by atoms with Gasteiger partial charge in [0, 0.05) is 18.6 Å². The number of ketones is 1. The Morgan fingerprint density at radius 2 is 2.12 bits per heavy atom. The molecule has 136 valence electrons. The van der Waals surface area contributed by atoms with Crippen molar-refractivity contribution in [3.63, 3.8) is 0 Å². The summed E-state index contributed by atoms with van der Waals surface area (Å²) in [4.78, 5) is 24.6. The SMILES string of the molecule is C[C@@H](NC(=O)C(C)(C)Oc1ccc2c(c1)CCCC2=O)[C@H]1CCCO1. The molecule has 1 heterocycles. The molecule has 0 bridgehead atoms. The number of benzene rings is 1. The number of carbonyl (C=O) groups is 2. The van der Waals surface area contributed by atoms with Crippen LogP contribution in [0.4, 0.5) is 0 Å². The molecule has 2 aliphatic rings. The van der Waals surface area contributed by atoms with Gasteiger partial charge in [0.25, 0.3) is 5.91 Å². The fourth-order valence-electron chi connectivity index (χ4n) is 3.50. The number of Topliss-reactive ketones (excluding diaryl/α,β-unsaturated/α-hetero) is 1. The quantitative estimate of drug-likeness (QED) is 0.891. The first-order valence-corrected chi connectivity index (χ1v) is 9.14. The summed E-state index contributed by atoms with van der Waals surface area (Å²) in [5, 5.41) is 3.01. The minimum Gasteiger partial charge on any atom is -0.478 e. The van der Waals surface area contributed by atoms with Gasteiger partial charge in [0.15, 0.2) is 11.4 Å². The highest BCUT2D eigenvalue weighted by molar-refractivity contribution is 5.98. The van der Waals surface area contributed by atoms with Crippen LogP contribution >= 0.6 is 0 Å². The van der Waals surface area contributed by atoms with Crippen molar-refractivity contribution in [2.24, 2.45) is 0 Å². The normalized spacial score (nSPS) is 21.6. The summed E-state index contributed by atoms with van der Waals surface area (Å²) in [5.74, 6) is 0.651. The van der Waals surface area contributed by atoms with Crippen LogP contribution in [0.3, 0.4) is 0 Å². The van der Waals surface area contributed by atoms with E-state index < -0.39 is 5.60 Å². The molecule has 0 spiro atoms. The Morgan fingerprint density at radius 1 is 1.32 bits per heavy atom. The molecule has 2 atom stereocenters. The summed E-state index contributed by atoms with van der Waals surface area (Å²) < 4.78 is 11.6. The van der Waals surface area contributed by atoms with Crippen LogP contribution in [0.15, 0.2) is 18.2 Å². The van der Waals surface area contributed by atoms with Crippen molar-refractivity contribution in [1.82, 2.24) is 5.32 Å². The van der Waals surface area contributed by atoms with Gasteiger partial charge in [-0.3, -0.25) is 9.59 Å². The van der Waals surface area contributed by atoms with Crippen molar-refractivity contribution in [3.8, 4) is 5.75 Å². The second-order valence-corrected chi connectivity index (χ2v) is 7.52. The van der Waals surface area contributed by atoms with E-state index >= 15 is 0 Å². The van der Waals surface area contributed by atoms with Gasteiger partial charge in [-0.1, -0.05) is 0 Å². The van der Waals surface area contributed by atoms with Gasteiger partial charge in [-0.25, -0.2) is 0 Å². The van der Waals surface area contributed by atoms with E-state index in [4.69, 9.17) is 9.47 Å². The largest absolute Gasteiger partial charge is 0.478 e. The first kappa shape index (κ1) is 17.9. The molecule has 0 aromatic heterocycles. The zero-order chi connectivity index (χ0) is 18.0. The van der Waals surface area contributed by atoms with E-state index in [0.717, 1.165) is 43.4 Å². The number of hydrogen-bond donors (Lipinski definition) is 1. The molecule has 1 amide bonds. The average Bonchev–Trinajstić information content (AvgIpc) is 3.09. The van der Waals surface area contributed by atoms with Gasteiger partial charge in [-0.05, 0) is 70.2 Å². The molecule has 1 aliphatic heterocycles. The van der Waals surface area contributed by atoms with Crippen LogP contribution in [-0.2, 0) is 16.0 Å². The van der Waals surface area contributed by atoms with Crippen molar-refractivity contribution >= 4 is 11.7 Å². The molecule has 5 heteroatoms. The number of hydrogen-bond acceptors (Lipinski definition) is 4. The van der Waals surface area contributed by atoms with Gasteiger partial charge in [-0.2, -0.15) is 0 Å². The standard InChI is InChI=1S/C20H27NO4/c1-13(18-8-5-11-24-18)21-19(23)20(2,3)25-15-9-10-16-14(12-15)6-4-7-17(16)22/h9-10,12-13,18H,4-8,11H2,1-3H3,(H,21,23)/t13-,18-/m1/s1. The van der Waals surface area contributed by atoms with Crippen LogP contribution in [0.25, 0.3) is 0 Å². The number of carbonyl (C=O) groups excluding carboxylic acids is 2. The van der Waals surface area contributed by atoms with E-state index in [1.807, 2.05) is 19.1 Å². The first-order chi connectivity index (χ1) is 11.9. The smallest absolute Gasteiger partial charge is 0.263 e. The van der Waals surface area contributed by atoms with Crippen molar-refractivity contribution in [3.05, 3.63) is 29.3 Å². The number of amides is 1. The zero-order valence-corrected chi connectivity index (χ0v) is 15.3. The third-order valence-corrected chi connectivity index (χ3v) is 5.03. The van der Waals surface area contributed by atoms with Crippen LogP contribution in [0.1, 0.15) is 62.4 Å². The summed E-state index contributed by atoms with van der Waals surface area (Å²) in [6.45, 7) is 6.25. The van der Waals surface area contributed by atoms with Gasteiger partial charge >= 0.3 is 0 Å². The maximum absolute atomic E-state index is 12.6. The van der Waals surface area contributed by atoms with Crippen LogP contribution in [0.2, 0.25) is 0 Å². The molecule has 1 aliphatic carbocycles. The highest BCUT2D eigenvalue weighted by Crippen LogP contribution is 2.27. The molecule has 1 fully saturated rings. The molecule has 5 nitrogen and oxygen atoms in total. The topological polar surface area (TPSA) is 64.6 Å². The van der Waals surface area contributed by atoms with Gasteiger partial charge in [0.2, 0.25) is 0 Å². The molecule has 25 heavy (non-hydrogen) atoms. The molecule has 0 unspecified atom stereocenters. The Kier molecular flexibility index (Phi) is 5.13. The van der Waals surface area contributed by atoms with E-state index in [1.54, 1.807) is 19.9 Å². The molecule has 1 aromatic carbocycles. The minimum atomic E-state index is -1.00. The van der Waals surface area contributed by atoms with Crippen molar-refractivity contribution in [2.75, 3.05) is 6.61 Å². The molecule has 0 saturated carbocycles. The first-order valence-electron chi connectivity index (χ1n) is 9.14. The molecular weight excluding hydrogens is 318 g/mol. The highest BCUT2D eigenvalue weighted by Gasteiger charge is 2.33. The second-order valence-electron chi connectivity index (χ2n) is 7.52. The number of ether oxygens (including phenoxy) is 2. The van der Waals surface area contributed by atoms with Crippen LogP contribution < -0.4 is 10.1 Å². The van der Waals surface area contributed by atoms with Crippen LogP contribution in [0.5, 0.6) is 5.75 Å². The Bertz CT molecular complexity index is 662. The number of aryl methyl sites for hydroxylation is 1. The third-order valence-electron chi connectivity index (χ3n) is 5.03. The summed E-state index contributed by atoms with van der Waals surface area (Å²) in [6, 6.07) is 5.44. The van der Waals surface area contributed by atoms with Crippen LogP contribution in [0, 0.1) is 0 Å². The van der Waals surface area contributed by atoms with E-state index in [9.17, 15) is 9.59 Å². The van der Waals surface area contributed by atoms with E-state index in [-0.39, 0.29) is 23.8 Å². The minimum absolute atomic E-state index is 0.0426. The third kappa shape index (κ3) is 4.03. The number of nitrogens with one attached hydrogen (secondary N) is 1. The maximum Gasteiger partial charge on any atom is 0.263 e. The lowest BCUT2D eigenvalue weighted by Crippen LogP contribution is -2.52. The van der Waals surface area contributed by atoms with Crippen molar-refractivity contribution in [1.29, 1.82) is 0 Å². The Labute approximate surface area is 149 Å². The number of rotatable bonds is 5. The second kappa shape index (κ2) is 7.16. The maximum atomic E-state index is 12.6. The monoisotopic (exact) mass is 345 g/mol. The lowest BCUT2D eigenvalue weighted by atomic mass is 9.90. The summed E-state index contributed by atoms with van der Waals surface area (Å²) >= 11 is 0. The molecule has 3 rings (SSSR count). The summed E-state index contributed by atoms with van der Waals surface area (Å²) in [7, 11) is 0. The molecule has 1 saturated heterocycles. The van der Waals surface area contributed by atoms with E-state index in [1.165, 1.54) is 0 Å². The van der Waals surface area contributed by atoms with Crippen molar-refractivity contribution < 1.29 is 19.1 Å². The Morgan fingerprint density at radius 3 is 2.84 bits per heavy atom. The highest BCUT2D eigenvalue weighted by atomic mass is 16.5. The molecule has 1 aromatic rings.